The first-order valence-electron chi connectivity index (χ1n) is 13.2. The summed E-state index contributed by atoms with van der Waals surface area (Å²) in [6, 6.07) is 8.80. The van der Waals surface area contributed by atoms with Gasteiger partial charge in [0, 0.05) is 25.8 Å². The van der Waals surface area contributed by atoms with Crippen molar-refractivity contribution in [2.75, 3.05) is 41.3 Å². The standard InChI is InChI=1S/C27H29F3N6O7/c1-3-34(8-9-36-20-6-4-15(32-22(37)12-23(38)39)10-18(20)26(41)33(36)2)21-7-5-16(11-19(21)28)35-14-17(43-27(35)42)13-31-25(40)24(29)30/h4-7,10-11,17,24H,3,8-9,12-14H2,1-2H3,(H,31,40)(H,32,37)(H,38,39)/t17-/m0/s1. The maximum atomic E-state index is 15.3. The zero-order valence-electron chi connectivity index (χ0n) is 23.2. The molecule has 1 atom stereocenters. The average Bonchev–Trinajstić information content (AvgIpc) is 3.43. The maximum absolute atomic E-state index is 15.3. The van der Waals surface area contributed by atoms with Gasteiger partial charge in [-0.05, 0) is 43.3 Å². The van der Waals surface area contributed by atoms with E-state index in [0.29, 0.717) is 24.0 Å². The molecular formula is C27H29F3N6O7. The Morgan fingerprint density at radius 2 is 1.91 bits per heavy atom. The summed E-state index contributed by atoms with van der Waals surface area (Å²) in [5, 5.41) is 13.5. The van der Waals surface area contributed by atoms with E-state index in [1.807, 2.05) is 12.2 Å². The lowest BCUT2D eigenvalue weighted by atomic mass is 10.2. The number of hydrogen-bond donors (Lipinski definition) is 3. The lowest BCUT2D eigenvalue weighted by molar-refractivity contribution is -0.139. The summed E-state index contributed by atoms with van der Waals surface area (Å²) < 4.78 is 48.3. The normalized spacial score (nSPS) is 14.7. The number of carbonyl (C=O) groups is 4. The van der Waals surface area contributed by atoms with Crippen molar-refractivity contribution in [3.63, 3.8) is 0 Å². The fraction of sp³-hybridized carbons (Fsp3) is 0.370. The van der Waals surface area contributed by atoms with Crippen LogP contribution in [0.3, 0.4) is 0 Å². The third-order valence-electron chi connectivity index (χ3n) is 6.88. The largest absolute Gasteiger partial charge is 0.481 e. The summed E-state index contributed by atoms with van der Waals surface area (Å²) in [7, 11) is 1.57. The third-order valence-corrected chi connectivity index (χ3v) is 6.88. The Hall–Kier alpha value is -5.02. The molecule has 230 valence electrons. The molecule has 0 unspecified atom stereocenters. The molecule has 43 heavy (non-hydrogen) atoms. The molecule has 3 N–H and O–H groups in total. The fourth-order valence-corrected chi connectivity index (χ4v) is 4.78. The van der Waals surface area contributed by atoms with Crippen molar-refractivity contribution in [3.05, 3.63) is 52.6 Å². The van der Waals surface area contributed by atoms with Gasteiger partial charge in [-0.3, -0.25) is 33.4 Å². The number of fused-ring (bicyclic) bond motifs is 1. The number of alkyl halides is 2. The molecule has 1 fully saturated rings. The Morgan fingerprint density at radius 1 is 1.16 bits per heavy atom. The minimum Gasteiger partial charge on any atom is -0.481 e. The second-order valence-corrected chi connectivity index (χ2v) is 9.68. The molecule has 0 aliphatic carbocycles. The van der Waals surface area contributed by atoms with Gasteiger partial charge < -0.3 is 25.4 Å². The Bertz CT molecular complexity index is 1620. The van der Waals surface area contributed by atoms with E-state index in [2.05, 4.69) is 5.32 Å². The monoisotopic (exact) mass is 606 g/mol. The van der Waals surface area contributed by atoms with Crippen LogP contribution in [0.5, 0.6) is 0 Å². The Labute approximate surface area is 242 Å². The fourth-order valence-electron chi connectivity index (χ4n) is 4.78. The van der Waals surface area contributed by atoms with Gasteiger partial charge in [-0.1, -0.05) is 0 Å². The van der Waals surface area contributed by atoms with E-state index in [4.69, 9.17) is 9.84 Å². The Morgan fingerprint density at radius 3 is 2.56 bits per heavy atom. The number of hydrogen-bond acceptors (Lipinski definition) is 7. The number of likely N-dealkylation sites (N-methyl/N-ethyl adjacent to an activating group) is 1. The first-order valence-corrected chi connectivity index (χ1v) is 13.2. The molecule has 1 saturated heterocycles. The minimum absolute atomic E-state index is 0.0711. The molecule has 16 heteroatoms. The van der Waals surface area contributed by atoms with Crippen LogP contribution in [0.1, 0.15) is 13.3 Å². The van der Waals surface area contributed by atoms with Crippen LogP contribution in [0.15, 0.2) is 41.2 Å². The number of halogens is 3. The van der Waals surface area contributed by atoms with Crippen molar-refractivity contribution >= 4 is 51.8 Å². The van der Waals surface area contributed by atoms with Crippen molar-refractivity contribution in [1.29, 1.82) is 0 Å². The number of aromatic nitrogens is 2. The molecule has 3 amide bonds. The maximum Gasteiger partial charge on any atom is 0.414 e. The van der Waals surface area contributed by atoms with Crippen molar-refractivity contribution in [2.24, 2.45) is 7.05 Å². The van der Waals surface area contributed by atoms with E-state index in [1.165, 1.54) is 22.9 Å². The first-order chi connectivity index (χ1) is 20.4. The lowest BCUT2D eigenvalue weighted by Gasteiger charge is -2.25. The highest BCUT2D eigenvalue weighted by Gasteiger charge is 2.33. The van der Waals surface area contributed by atoms with Gasteiger partial charge in [0.2, 0.25) is 5.91 Å². The number of anilines is 3. The number of nitrogens with zero attached hydrogens (tertiary/aromatic N) is 4. The molecule has 3 aromatic rings. The first kappa shape index (κ1) is 30.9. The van der Waals surface area contributed by atoms with Crippen LogP contribution in [-0.4, -0.2) is 77.1 Å². The van der Waals surface area contributed by atoms with Crippen LogP contribution in [0, 0.1) is 5.82 Å². The highest BCUT2D eigenvalue weighted by molar-refractivity contribution is 6.02. The lowest BCUT2D eigenvalue weighted by Crippen LogP contribution is -2.37. The number of nitrogens with one attached hydrogen (secondary N) is 2. The van der Waals surface area contributed by atoms with Crippen LogP contribution >= 0.6 is 0 Å². The summed E-state index contributed by atoms with van der Waals surface area (Å²) in [4.78, 5) is 61.7. The molecule has 0 bridgehead atoms. The number of carbonyl (C=O) groups excluding carboxylic acids is 3. The van der Waals surface area contributed by atoms with Crippen molar-refractivity contribution in [1.82, 2.24) is 14.7 Å². The van der Waals surface area contributed by atoms with Crippen molar-refractivity contribution < 1.29 is 42.2 Å². The van der Waals surface area contributed by atoms with Gasteiger partial charge in [0.15, 0.2) is 0 Å². The Kier molecular flexibility index (Phi) is 9.26. The van der Waals surface area contributed by atoms with Gasteiger partial charge in [-0.2, -0.15) is 8.78 Å². The van der Waals surface area contributed by atoms with Gasteiger partial charge in [-0.15, -0.1) is 0 Å². The summed E-state index contributed by atoms with van der Waals surface area (Å²) in [6.07, 6.45) is -5.60. The van der Waals surface area contributed by atoms with Crippen LogP contribution in [0.4, 0.5) is 35.0 Å². The highest BCUT2D eigenvalue weighted by atomic mass is 19.3. The van der Waals surface area contributed by atoms with Gasteiger partial charge >= 0.3 is 18.5 Å². The molecular weight excluding hydrogens is 577 g/mol. The van der Waals surface area contributed by atoms with E-state index in [-0.39, 0.29) is 42.3 Å². The summed E-state index contributed by atoms with van der Waals surface area (Å²) >= 11 is 0. The SMILES string of the molecule is CCN(CCn1c2ccc(NC(=O)CC(=O)O)cc2c(=O)n1C)c1ccc(N2C[C@H](CNC(=O)C(F)F)OC2=O)cc1F. The van der Waals surface area contributed by atoms with E-state index in [0.717, 1.165) is 11.0 Å². The number of aliphatic carboxylic acids is 1. The molecule has 1 aliphatic heterocycles. The van der Waals surface area contributed by atoms with Crippen LogP contribution < -0.4 is 26.0 Å². The topological polar surface area (TPSA) is 155 Å². The number of ether oxygens (including phenoxy) is 1. The minimum atomic E-state index is -3.20. The molecule has 0 saturated carbocycles. The van der Waals surface area contributed by atoms with Gasteiger partial charge in [0.25, 0.3) is 11.5 Å². The molecule has 1 aliphatic rings. The van der Waals surface area contributed by atoms with Crippen LogP contribution in [0.25, 0.3) is 10.9 Å². The van der Waals surface area contributed by atoms with Crippen LogP contribution in [-0.2, 0) is 32.7 Å². The summed E-state index contributed by atoms with van der Waals surface area (Å²) in [6.45, 7) is 2.41. The third kappa shape index (κ3) is 6.90. The number of carboxylic acids is 1. The van der Waals surface area contributed by atoms with Gasteiger partial charge in [0.05, 0.1) is 41.9 Å². The number of benzene rings is 2. The summed E-state index contributed by atoms with van der Waals surface area (Å²) in [5.41, 5.74) is 0.923. The highest BCUT2D eigenvalue weighted by Crippen LogP contribution is 2.28. The average molecular weight is 607 g/mol. The zero-order valence-corrected chi connectivity index (χ0v) is 23.2. The van der Waals surface area contributed by atoms with E-state index in [1.54, 1.807) is 28.8 Å². The molecule has 1 aromatic heterocycles. The quantitative estimate of drug-likeness (QED) is 0.265. The molecule has 2 aromatic carbocycles. The second-order valence-electron chi connectivity index (χ2n) is 9.68. The number of rotatable bonds is 12. The second kappa shape index (κ2) is 12.9. The van der Waals surface area contributed by atoms with E-state index >= 15 is 4.39 Å². The van der Waals surface area contributed by atoms with E-state index < -0.39 is 48.6 Å². The van der Waals surface area contributed by atoms with Crippen LogP contribution in [0.2, 0.25) is 0 Å². The molecule has 2 heterocycles. The molecule has 0 radical (unpaired) electrons. The number of cyclic esters (lactones) is 1. The summed E-state index contributed by atoms with van der Waals surface area (Å²) in [5.74, 6) is -4.12. The molecule has 4 rings (SSSR count). The smallest absolute Gasteiger partial charge is 0.414 e. The van der Waals surface area contributed by atoms with Gasteiger partial charge in [-0.25, -0.2) is 9.18 Å². The molecule has 13 nitrogen and oxygen atoms in total. The number of amides is 3. The van der Waals surface area contributed by atoms with Crippen molar-refractivity contribution in [2.45, 2.75) is 32.4 Å². The van der Waals surface area contributed by atoms with Gasteiger partial charge in [0.1, 0.15) is 18.3 Å². The number of carboxylic acid groups (broad SMARTS) is 1. The Balaban J connectivity index is 1.45. The predicted molar refractivity (Wildman–Crippen MR) is 149 cm³/mol. The predicted octanol–water partition coefficient (Wildman–Crippen LogP) is 2.13. The zero-order chi connectivity index (χ0) is 31.4. The van der Waals surface area contributed by atoms with E-state index in [9.17, 15) is 32.8 Å². The molecule has 0 spiro atoms. The van der Waals surface area contributed by atoms with Crippen molar-refractivity contribution in [3.8, 4) is 0 Å².